The van der Waals surface area contributed by atoms with Gasteiger partial charge in [0.1, 0.15) is 29.0 Å². The lowest BCUT2D eigenvalue weighted by Gasteiger charge is -2.29. The minimum absolute atomic E-state index is 0.0613. The lowest BCUT2D eigenvalue weighted by Crippen LogP contribution is -2.31. The van der Waals surface area contributed by atoms with Crippen LogP contribution >= 0.6 is 0 Å². The standard InChI is InChI=1S/C21H29NO5.C21H27NO3/c1-14-5-3-6-16(9-14)21-22-20(15(2)27-21)13-26-19-8-4-7-18(10-19)25-12-17(24)11-23;1-4-11-23-18-9-6-10-19(13-18)24-14-20-16(3)25-21(22-20)17-8-5-7-15(2)12-17/h3,5-6,9,17-19,23-24H,4,7-8,10-13H2,1-2H3;4-5,7-8,12,18-19H,1,6,9-11,13-14H2,2-3H3/t17-,18-,19+;18-,19+/m11/s1. The van der Waals surface area contributed by atoms with Gasteiger partial charge in [-0.1, -0.05) is 41.5 Å². The second-order valence-corrected chi connectivity index (χ2v) is 14.0. The Morgan fingerprint density at radius 2 is 1.19 bits per heavy atom. The van der Waals surface area contributed by atoms with Crippen LogP contribution in [0.3, 0.4) is 0 Å². The Balaban J connectivity index is 0.000000202. The van der Waals surface area contributed by atoms with Gasteiger partial charge < -0.3 is 38.0 Å². The molecule has 2 heterocycles. The summed E-state index contributed by atoms with van der Waals surface area (Å²) in [4.78, 5) is 9.25. The molecule has 2 aliphatic carbocycles. The molecule has 6 rings (SSSR count). The van der Waals surface area contributed by atoms with Crippen molar-refractivity contribution in [3.63, 3.8) is 0 Å². The molecule has 0 bridgehead atoms. The summed E-state index contributed by atoms with van der Waals surface area (Å²) in [6, 6.07) is 16.3. The molecule has 10 heteroatoms. The Kier molecular flexibility index (Phi) is 15.2. The van der Waals surface area contributed by atoms with Crippen LogP contribution in [0.2, 0.25) is 0 Å². The average Bonchev–Trinajstić information content (AvgIpc) is 3.73. The number of ether oxygens (including phenoxy) is 4. The predicted octanol–water partition coefficient (Wildman–Crippen LogP) is 8.14. The number of aromatic nitrogens is 2. The first-order chi connectivity index (χ1) is 25.2. The highest BCUT2D eigenvalue weighted by Crippen LogP contribution is 2.29. The van der Waals surface area contributed by atoms with Crippen LogP contribution in [0.5, 0.6) is 0 Å². The highest BCUT2D eigenvalue weighted by molar-refractivity contribution is 5.55. The molecule has 0 unspecified atom stereocenters. The second kappa shape index (κ2) is 20.0. The zero-order valence-corrected chi connectivity index (χ0v) is 31.2. The maximum atomic E-state index is 9.43. The summed E-state index contributed by atoms with van der Waals surface area (Å²) < 4.78 is 35.3. The smallest absolute Gasteiger partial charge is 0.226 e. The molecule has 0 radical (unpaired) electrons. The van der Waals surface area contributed by atoms with Gasteiger partial charge in [-0.05, 0) is 103 Å². The highest BCUT2D eigenvalue weighted by atomic mass is 16.5. The van der Waals surface area contributed by atoms with Gasteiger partial charge in [-0.15, -0.1) is 6.58 Å². The molecule has 2 aliphatic rings. The summed E-state index contributed by atoms with van der Waals surface area (Å²) in [6.45, 7) is 13.1. The van der Waals surface area contributed by atoms with Gasteiger partial charge in [0.05, 0.1) is 57.5 Å². The quantitative estimate of drug-likeness (QED) is 0.116. The molecule has 0 aliphatic heterocycles. The molecule has 52 heavy (non-hydrogen) atoms. The number of hydrogen-bond acceptors (Lipinski definition) is 10. The van der Waals surface area contributed by atoms with Gasteiger partial charge in [-0.2, -0.15) is 0 Å². The maximum absolute atomic E-state index is 9.43. The van der Waals surface area contributed by atoms with E-state index in [2.05, 4.69) is 41.7 Å². The minimum atomic E-state index is -0.816. The first kappa shape index (κ1) is 39.6. The molecule has 10 nitrogen and oxygen atoms in total. The van der Waals surface area contributed by atoms with Gasteiger partial charge in [0.25, 0.3) is 0 Å². The first-order valence-corrected chi connectivity index (χ1v) is 18.6. The molecule has 0 spiro atoms. The number of benzene rings is 2. The topological polar surface area (TPSA) is 129 Å². The zero-order valence-electron chi connectivity index (χ0n) is 31.2. The Hall–Kier alpha value is -3.64. The average molecular weight is 717 g/mol. The number of rotatable bonds is 15. The summed E-state index contributed by atoms with van der Waals surface area (Å²) in [7, 11) is 0. The van der Waals surface area contributed by atoms with E-state index in [1.165, 1.54) is 11.1 Å². The summed E-state index contributed by atoms with van der Waals surface area (Å²) >= 11 is 0. The Bertz CT molecular complexity index is 1680. The van der Waals surface area contributed by atoms with Gasteiger partial charge in [0.15, 0.2) is 0 Å². The highest BCUT2D eigenvalue weighted by Gasteiger charge is 2.26. The predicted molar refractivity (Wildman–Crippen MR) is 200 cm³/mol. The SMILES string of the molecule is C=CCO[C@@H]1CCC[C@H](OCc2nc(-c3cccc(C)c3)oc2C)C1.Cc1cccc(-c2nc(CO[C@H]3CCC[C@@H](OC[C@H](O)CO)C3)c(C)o2)c1. The molecule has 0 saturated heterocycles. The van der Waals surface area contributed by atoms with E-state index in [0.717, 1.165) is 85.4 Å². The van der Waals surface area contributed by atoms with E-state index in [0.29, 0.717) is 31.6 Å². The monoisotopic (exact) mass is 716 g/mol. The van der Waals surface area contributed by atoms with E-state index in [1.807, 2.05) is 51.1 Å². The molecule has 2 aromatic heterocycles. The van der Waals surface area contributed by atoms with Gasteiger partial charge in [0, 0.05) is 11.1 Å². The van der Waals surface area contributed by atoms with Crippen molar-refractivity contribution in [2.24, 2.45) is 0 Å². The molecular formula is C42H56N2O8. The summed E-state index contributed by atoms with van der Waals surface area (Å²) in [5, 5.41) is 18.3. The van der Waals surface area contributed by atoms with E-state index in [1.54, 1.807) is 6.08 Å². The van der Waals surface area contributed by atoms with Crippen molar-refractivity contribution in [1.82, 2.24) is 9.97 Å². The van der Waals surface area contributed by atoms with Crippen LogP contribution in [0.15, 0.2) is 70.0 Å². The lowest BCUT2D eigenvalue weighted by atomic mass is 9.95. The van der Waals surface area contributed by atoms with Crippen molar-refractivity contribution >= 4 is 0 Å². The molecule has 2 aromatic carbocycles. The number of aliphatic hydroxyl groups excluding tert-OH is 2. The molecule has 2 fully saturated rings. The van der Waals surface area contributed by atoms with Crippen LogP contribution in [-0.2, 0) is 32.2 Å². The molecule has 2 N–H and O–H groups in total. The molecule has 0 amide bonds. The fourth-order valence-corrected chi connectivity index (χ4v) is 6.63. The van der Waals surface area contributed by atoms with Crippen molar-refractivity contribution in [3.05, 3.63) is 95.2 Å². The third-order valence-corrected chi connectivity index (χ3v) is 9.57. The van der Waals surface area contributed by atoms with Crippen molar-refractivity contribution in [2.45, 2.75) is 123 Å². The molecular weight excluding hydrogens is 660 g/mol. The minimum Gasteiger partial charge on any atom is -0.441 e. The Morgan fingerprint density at radius 1 is 0.731 bits per heavy atom. The van der Waals surface area contributed by atoms with Crippen LogP contribution < -0.4 is 0 Å². The van der Waals surface area contributed by atoms with E-state index < -0.39 is 6.10 Å². The van der Waals surface area contributed by atoms with E-state index in [9.17, 15) is 5.11 Å². The molecule has 282 valence electrons. The van der Waals surface area contributed by atoms with Crippen molar-refractivity contribution in [2.75, 3.05) is 19.8 Å². The number of hydrogen-bond donors (Lipinski definition) is 2. The van der Waals surface area contributed by atoms with Gasteiger partial charge in [0.2, 0.25) is 11.8 Å². The van der Waals surface area contributed by atoms with Gasteiger partial charge in [-0.3, -0.25) is 0 Å². The van der Waals surface area contributed by atoms with Crippen molar-refractivity contribution in [1.29, 1.82) is 0 Å². The van der Waals surface area contributed by atoms with E-state index >= 15 is 0 Å². The largest absolute Gasteiger partial charge is 0.441 e. The Labute approximate surface area is 308 Å². The van der Waals surface area contributed by atoms with Crippen LogP contribution in [0.25, 0.3) is 22.9 Å². The van der Waals surface area contributed by atoms with E-state index in [-0.39, 0.29) is 37.6 Å². The van der Waals surface area contributed by atoms with Crippen molar-refractivity contribution < 1.29 is 38.0 Å². The molecule has 2 saturated carbocycles. The van der Waals surface area contributed by atoms with Gasteiger partial charge in [-0.25, -0.2) is 9.97 Å². The van der Waals surface area contributed by atoms with Crippen LogP contribution in [0, 0.1) is 27.7 Å². The fourth-order valence-electron chi connectivity index (χ4n) is 6.63. The van der Waals surface area contributed by atoms with Crippen LogP contribution in [0.1, 0.15) is 85.4 Å². The summed E-state index contributed by atoms with van der Waals surface area (Å²) in [5.74, 6) is 2.89. The number of aryl methyl sites for hydroxylation is 4. The normalized spacial score (nSPS) is 21.0. The number of aliphatic hydroxyl groups is 2. The number of nitrogens with zero attached hydrogens (tertiary/aromatic N) is 2. The second-order valence-electron chi connectivity index (χ2n) is 14.0. The molecule has 5 atom stereocenters. The van der Waals surface area contributed by atoms with Crippen molar-refractivity contribution in [3.8, 4) is 22.9 Å². The first-order valence-electron chi connectivity index (χ1n) is 18.6. The molecule has 4 aromatic rings. The lowest BCUT2D eigenvalue weighted by molar-refractivity contribution is -0.0764. The third kappa shape index (κ3) is 11.9. The zero-order chi connectivity index (χ0) is 36.9. The number of oxazole rings is 2. The summed E-state index contributed by atoms with van der Waals surface area (Å²) in [5.41, 5.74) is 6.04. The Morgan fingerprint density at radius 3 is 1.63 bits per heavy atom. The van der Waals surface area contributed by atoms with Crippen LogP contribution in [-0.4, -0.2) is 70.5 Å². The third-order valence-electron chi connectivity index (χ3n) is 9.57. The van der Waals surface area contributed by atoms with Gasteiger partial charge >= 0.3 is 0 Å². The summed E-state index contributed by atoms with van der Waals surface area (Å²) in [6.07, 6.45) is 9.68. The maximum Gasteiger partial charge on any atom is 0.226 e. The van der Waals surface area contributed by atoms with Crippen LogP contribution in [0.4, 0.5) is 0 Å². The van der Waals surface area contributed by atoms with E-state index in [4.69, 9.17) is 32.9 Å². The fraction of sp³-hybridized carbons (Fsp3) is 0.524.